The molecule has 2 amide bonds. The molecule has 2 heterocycles. The van der Waals surface area contributed by atoms with E-state index in [-0.39, 0.29) is 17.9 Å². The summed E-state index contributed by atoms with van der Waals surface area (Å²) in [6, 6.07) is 0.514. The number of amides is 2. The third-order valence-corrected chi connectivity index (χ3v) is 3.38. The van der Waals surface area contributed by atoms with Crippen LogP contribution in [-0.4, -0.2) is 59.9 Å². The first-order chi connectivity index (χ1) is 7.49. The lowest BCUT2D eigenvalue weighted by atomic mass is 10.1. The van der Waals surface area contributed by atoms with Crippen molar-refractivity contribution in [3.8, 4) is 0 Å². The monoisotopic (exact) mass is 225 g/mol. The number of hydrogen-bond acceptors (Lipinski definition) is 4. The molecule has 5 heteroatoms. The summed E-state index contributed by atoms with van der Waals surface area (Å²) in [6.07, 6.45) is 0.342. The molecule has 2 fully saturated rings. The van der Waals surface area contributed by atoms with Crippen molar-refractivity contribution in [3.63, 3.8) is 0 Å². The third-order valence-electron chi connectivity index (χ3n) is 3.38. The largest absolute Gasteiger partial charge is 0.309 e. The Morgan fingerprint density at radius 2 is 1.75 bits per heavy atom. The smallest absolute Gasteiger partial charge is 0.246 e. The van der Waals surface area contributed by atoms with Crippen LogP contribution in [0.4, 0.5) is 0 Å². The van der Waals surface area contributed by atoms with Gasteiger partial charge in [0.2, 0.25) is 11.8 Å². The third kappa shape index (κ3) is 1.97. The van der Waals surface area contributed by atoms with Crippen LogP contribution in [0.2, 0.25) is 0 Å². The summed E-state index contributed by atoms with van der Waals surface area (Å²) < 4.78 is 0. The van der Waals surface area contributed by atoms with E-state index in [1.165, 1.54) is 4.90 Å². The minimum absolute atomic E-state index is 0.0497. The van der Waals surface area contributed by atoms with Crippen molar-refractivity contribution in [2.75, 3.05) is 20.1 Å². The molecule has 3 atom stereocenters. The maximum Gasteiger partial charge on any atom is 0.246 e. The minimum atomic E-state index is -0.232. The van der Waals surface area contributed by atoms with Gasteiger partial charge in [0.1, 0.15) is 0 Å². The molecule has 5 nitrogen and oxygen atoms in total. The van der Waals surface area contributed by atoms with Gasteiger partial charge in [-0.1, -0.05) is 0 Å². The van der Waals surface area contributed by atoms with Crippen LogP contribution in [0.5, 0.6) is 0 Å². The van der Waals surface area contributed by atoms with Gasteiger partial charge in [0.05, 0.1) is 12.5 Å². The fourth-order valence-corrected chi connectivity index (χ4v) is 2.65. The van der Waals surface area contributed by atoms with Crippen molar-refractivity contribution in [1.29, 1.82) is 0 Å². The second-order valence-electron chi connectivity index (χ2n) is 4.93. The zero-order valence-corrected chi connectivity index (χ0v) is 10.1. The molecule has 0 aromatic heterocycles. The second-order valence-corrected chi connectivity index (χ2v) is 4.93. The van der Waals surface area contributed by atoms with Gasteiger partial charge in [-0.05, 0) is 13.8 Å². The molecule has 1 N–H and O–H groups in total. The Morgan fingerprint density at radius 3 is 2.19 bits per heavy atom. The van der Waals surface area contributed by atoms with Crippen LogP contribution in [0, 0.1) is 0 Å². The summed E-state index contributed by atoms with van der Waals surface area (Å²) in [6.45, 7) is 5.88. The van der Waals surface area contributed by atoms with Crippen molar-refractivity contribution in [2.45, 2.75) is 38.4 Å². The number of piperazine rings is 1. The Morgan fingerprint density at radius 1 is 1.19 bits per heavy atom. The van der Waals surface area contributed by atoms with Crippen LogP contribution in [0.1, 0.15) is 20.3 Å². The maximum atomic E-state index is 11.9. The summed E-state index contributed by atoms with van der Waals surface area (Å²) >= 11 is 0. The summed E-state index contributed by atoms with van der Waals surface area (Å²) in [5, 5.41) is 3.42. The Hall–Kier alpha value is -0.940. The lowest BCUT2D eigenvalue weighted by molar-refractivity contribution is -0.138. The van der Waals surface area contributed by atoms with Crippen LogP contribution >= 0.6 is 0 Å². The number of imide groups is 1. The van der Waals surface area contributed by atoms with E-state index >= 15 is 0 Å². The van der Waals surface area contributed by atoms with E-state index in [9.17, 15) is 9.59 Å². The average molecular weight is 225 g/mol. The molecule has 0 aromatic rings. The SMILES string of the molecule is CC1CN(C2CC(=O)N(C)C2=O)CC(C)N1. The fraction of sp³-hybridized carbons (Fsp3) is 0.818. The first kappa shape index (κ1) is 11.5. The molecule has 0 spiro atoms. The molecular formula is C11H19N3O2. The first-order valence-electron chi connectivity index (χ1n) is 5.79. The van der Waals surface area contributed by atoms with Crippen LogP contribution in [0.15, 0.2) is 0 Å². The highest BCUT2D eigenvalue weighted by Gasteiger charge is 2.41. The van der Waals surface area contributed by atoms with Crippen LogP contribution in [-0.2, 0) is 9.59 Å². The van der Waals surface area contributed by atoms with Gasteiger partial charge in [0.15, 0.2) is 0 Å². The van der Waals surface area contributed by atoms with E-state index in [0.717, 1.165) is 13.1 Å². The molecule has 16 heavy (non-hydrogen) atoms. The van der Waals surface area contributed by atoms with Crippen LogP contribution in [0.25, 0.3) is 0 Å². The van der Waals surface area contributed by atoms with E-state index < -0.39 is 0 Å². The molecule has 0 saturated carbocycles. The standard InChI is InChI=1S/C11H19N3O2/c1-7-5-14(6-8(2)12-7)9-4-10(15)13(3)11(9)16/h7-9,12H,4-6H2,1-3H3. The number of nitrogens with zero attached hydrogens (tertiary/aromatic N) is 2. The van der Waals surface area contributed by atoms with Gasteiger partial charge >= 0.3 is 0 Å². The Labute approximate surface area is 95.8 Å². The number of nitrogens with one attached hydrogen (secondary N) is 1. The number of rotatable bonds is 1. The normalized spacial score (nSPS) is 37.2. The Balaban J connectivity index is 2.08. The van der Waals surface area contributed by atoms with Crippen LogP contribution in [0.3, 0.4) is 0 Å². The molecule has 0 aliphatic carbocycles. The summed E-state index contributed by atoms with van der Waals surface area (Å²) in [4.78, 5) is 26.7. The zero-order chi connectivity index (χ0) is 11.9. The average Bonchev–Trinajstić information content (AvgIpc) is 2.44. The number of hydrogen-bond donors (Lipinski definition) is 1. The topological polar surface area (TPSA) is 52.7 Å². The molecule has 0 bridgehead atoms. The summed E-state index contributed by atoms with van der Waals surface area (Å²) in [5.74, 6) is -0.111. The molecule has 2 aliphatic rings. The van der Waals surface area contributed by atoms with E-state index in [1.807, 2.05) is 0 Å². The lowest BCUT2D eigenvalue weighted by Crippen LogP contribution is -2.58. The maximum absolute atomic E-state index is 11.9. The molecule has 0 aromatic carbocycles. The predicted octanol–water partition coefficient (Wildman–Crippen LogP) is -0.574. The van der Waals surface area contributed by atoms with Crippen molar-refractivity contribution in [2.24, 2.45) is 0 Å². The van der Waals surface area contributed by atoms with Gasteiger partial charge in [-0.2, -0.15) is 0 Å². The fourth-order valence-electron chi connectivity index (χ4n) is 2.65. The lowest BCUT2D eigenvalue weighted by Gasteiger charge is -2.38. The van der Waals surface area contributed by atoms with Gasteiger partial charge in [-0.25, -0.2) is 0 Å². The number of carbonyl (C=O) groups is 2. The number of carbonyl (C=O) groups excluding carboxylic acids is 2. The molecule has 2 saturated heterocycles. The molecule has 3 unspecified atom stereocenters. The van der Waals surface area contributed by atoms with Crippen molar-refractivity contribution >= 4 is 11.8 Å². The highest BCUT2D eigenvalue weighted by Crippen LogP contribution is 2.19. The summed E-state index contributed by atoms with van der Waals surface area (Å²) in [5.41, 5.74) is 0. The van der Waals surface area contributed by atoms with E-state index in [2.05, 4.69) is 24.1 Å². The van der Waals surface area contributed by atoms with Crippen molar-refractivity contribution in [1.82, 2.24) is 15.1 Å². The van der Waals surface area contributed by atoms with Gasteiger partial charge < -0.3 is 5.32 Å². The Bertz CT molecular complexity index is 308. The van der Waals surface area contributed by atoms with Crippen molar-refractivity contribution in [3.05, 3.63) is 0 Å². The highest BCUT2D eigenvalue weighted by molar-refractivity contribution is 6.05. The highest BCUT2D eigenvalue weighted by atomic mass is 16.2. The molecule has 2 rings (SSSR count). The molecule has 2 aliphatic heterocycles. The predicted molar refractivity (Wildman–Crippen MR) is 59.8 cm³/mol. The van der Waals surface area contributed by atoms with E-state index in [1.54, 1.807) is 7.05 Å². The van der Waals surface area contributed by atoms with E-state index in [0.29, 0.717) is 18.5 Å². The van der Waals surface area contributed by atoms with Gasteiger partial charge in [-0.3, -0.25) is 19.4 Å². The van der Waals surface area contributed by atoms with Gasteiger partial charge in [-0.15, -0.1) is 0 Å². The minimum Gasteiger partial charge on any atom is -0.309 e. The summed E-state index contributed by atoms with van der Waals surface area (Å²) in [7, 11) is 1.57. The van der Waals surface area contributed by atoms with Crippen LogP contribution < -0.4 is 5.32 Å². The molecule has 0 radical (unpaired) electrons. The van der Waals surface area contributed by atoms with Gasteiger partial charge in [0.25, 0.3) is 0 Å². The molecular weight excluding hydrogens is 206 g/mol. The quantitative estimate of drug-likeness (QED) is 0.607. The first-order valence-corrected chi connectivity index (χ1v) is 5.79. The Kier molecular flexibility index (Phi) is 2.99. The van der Waals surface area contributed by atoms with E-state index in [4.69, 9.17) is 0 Å². The second kappa shape index (κ2) is 4.14. The zero-order valence-electron chi connectivity index (χ0n) is 10.1. The number of likely N-dealkylation sites (N-methyl/N-ethyl adjacent to an activating group) is 1. The number of likely N-dealkylation sites (tertiary alicyclic amines) is 1. The van der Waals surface area contributed by atoms with Crippen molar-refractivity contribution < 1.29 is 9.59 Å². The van der Waals surface area contributed by atoms with Gasteiger partial charge in [0, 0.05) is 32.2 Å². The molecule has 90 valence electrons.